The van der Waals surface area contributed by atoms with Crippen LogP contribution in [0.3, 0.4) is 0 Å². The van der Waals surface area contributed by atoms with Crippen LogP contribution in [0.5, 0.6) is 0 Å². The molecule has 2 aromatic heterocycles. The molecule has 136 valence electrons. The zero-order valence-corrected chi connectivity index (χ0v) is 15.7. The van der Waals surface area contributed by atoms with Crippen molar-refractivity contribution in [3.63, 3.8) is 0 Å². The second-order valence-electron chi connectivity index (χ2n) is 5.87. The Labute approximate surface area is 160 Å². The summed E-state index contributed by atoms with van der Waals surface area (Å²) in [6, 6.07) is 16.6. The number of anilines is 1. The smallest absolute Gasteiger partial charge is 0.261 e. The van der Waals surface area contributed by atoms with Crippen molar-refractivity contribution >= 4 is 33.0 Å². The molecule has 0 fully saturated rings. The second kappa shape index (κ2) is 6.64. The SMILES string of the molecule is Cc1nnc2ccc(-c3ccc(NS(=O)(=O)c4ccc(Cl)cc4)cc3)nn12. The fourth-order valence-electron chi connectivity index (χ4n) is 2.59. The van der Waals surface area contributed by atoms with Gasteiger partial charge in [0.15, 0.2) is 11.5 Å². The minimum atomic E-state index is -3.68. The van der Waals surface area contributed by atoms with Crippen LogP contribution < -0.4 is 4.72 Å². The van der Waals surface area contributed by atoms with Crippen LogP contribution in [-0.2, 0) is 10.0 Å². The Balaban J connectivity index is 1.59. The van der Waals surface area contributed by atoms with E-state index in [1.807, 2.05) is 19.1 Å². The Morgan fingerprint density at radius 1 is 0.926 bits per heavy atom. The number of fused-ring (bicyclic) bond motifs is 1. The highest BCUT2D eigenvalue weighted by molar-refractivity contribution is 7.92. The fourth-order valence-corrected chi connectivity index (χ4v) is 3.77. The lowest BCUT2D eigenvalue weighted by Crippen LogP contribution is -2.12. The molecule has 2 heterocycles. The van der Waals surface area contributed by atoms with Gasteiger partial charge in [-0.05, 0) is 55.5 Å². The Morgan fingerprint density at radius 3 is 2.33 bits per heavy atom. The summed E-state index contributed by atoms with van der Waals surface area (Å²) in [5.74, 6) is 0.694. The molecule has 0 bridgehead atoms. The van der Waals surface area contributed by atoms with Crippen molar-refractivity contribution in [1.29, 1.82) is 0 Å². The molecule has 7 nitrogen and oxygen atoms in total. The highest BCUT2D eigenvalue weighted by Gasteiger charge is 2.14. The molecule has 0 aliphatic heterocycles. The molecule has 4 aromatic rings. The van der Waals surface area contributed by atoms with Crippen molar-refractivity contribution in [2.45, 2.75) is 11.8 Å². The van der Waals surface area contributed by atoms with Crippen molar-refractivity contribution in [3.8, 4) is 11.3 Å². The summed E-state index contributed by atoms with van der Waals surface area (Å²) in [4.78, 5) is 0.145. The number of hydrogen-bond acceptors (Lipinski definition) is 5. The van der Waals surface area contributed by atoms with Crippen LogP contribution >= 0.6 is 11.6 Å². The van der Waals surface area contributed by atoms with Gasteiger partial charge in [-0.2, -0.15) is 9.61 Å². The third-order valence-corrected chi connectivity index (χ3v) is 5.62. The highest BCUT2D eigenvalue weighted by atomic mass is 35.5. The maximum atomic E-state index is 12.4. The molecule has 0 aliphatic rings. The van der Waals surface area contributed by atoms with Gasteiger partial charge in [-0.3, -0.25) is 4.72 Å². The van der Waals surface area contributed by atoms with Gasteiger partial charge in [-0.15, -0.1) is 10.2 Å². The predicted molar refractivity (Wildman–Crippen MR) is 103 cm³/mol. The number of aryl methyl sites for hydroxylation is 1. The van der Waals surface area contributed by atoms with Crippen molar-refractivity contribution in [2.75, 3.05) is 4.72 Å². The molecular formula is C18H14ClN5O2S. The van der Waals surface area contributed by atoms with Crippen LogP contribution in [0.4, 0.5) is 5.69 Å². The average molecular weight is 400 g/mol. The van der Waals surface area contributed by atoms with Crippen LogP contribution in [0.15, 0.2) is 65.6 Å². The van der Waals surface area contributed by atoms with Gasteiger partial charge in [-0.1, -0.05) is 23.7 Å². The zero-order valence-electron chi connectivity index (χ0n) is 14.2. The number of sulfonamides is 1. The number of nitrogens with one attached hydrogen (secondary N) is 1. The lowest BCUT2D eigenvalue weighted by atomic mass is 10.1. The summed E-state index contributed by atoms with van der Waals surface area (Å²) in [5, 5.41) is 13.0. The van der Waals surface area contributed by atoms with Gasteiger partial charge in [0, 0.05) is 16.3 Å². The summed E-state index contributed by atoms with van der Waals surface area (Å²) in [6.45, 7) is 1.82. The molecule has 0 unspecified atom stereocenters. The van der Waals surface area contributed by atoms with E-state index in [-0.39, 0.29) is 4.90 Å². The van der Waals surface area contributed by atoms with E-state index >= 15 is 0 Å². The molecule has 4 rings (SSSR count). The largest absolute Gasteiger partial charge is 0.280 e. The van der Waals surface area contributed by atoms with Gasteiger partial charge in [0.25, 0.3) is 10.0 Å². The monoisotopic (exact) mass is 399 g/mol. The molecule has 1 N–H and O–H groups in total. The molecule has 9 heteroatoms. The quantitative estimate of drug-likeness (QED) is 0.566. The molecule has 0 saturated carbocycles. The maximum absolute atomic E-state index is 12.4. The lowest BCUT2D eigenvalue weighted by molar-refractivity contribution is 0.601. The molecule has 0 atom stereocenters. The second-order valence-corrected chi connectivity index (χ2v) is 7.99. The Morgan fingerprint density at radius 2 is 1.63 bits per heavy atom. The predicted octanol–water partition coefficient (Wildman–Crippen LogP) is 3.55. The van der Waals surface area contributed by atoms with Gasteiger partial charge >= 0.3 is 0 Å². The van der Waals surface area contributed by atoms with E-state index in [1.54, 1.807) is 28.8 Å². The third kappa shape index (κ3) is 3.49. The number of halogens is 1. The van der Waals surface area contributed by atoms with Gasteiger partial charge in [0.1, 0.15) is 0 Å². The van der Waals surface area contributed by atoms with Crippen LogP contribution in [0.25, 0.3) is 16.9 Å². The van der Waals surface area contributed by atoms with Gasteiger partial charge < -0.3 is 0 Å². The van der Waals surface area contributed by atoms with Crippen LogP contribution in [0.1, 0.15) is 5.82 Å². The van der Waals surface area contributed by atoms with E-state index in [0.29, 0.717) is 22.2 Å². The van der Waals surface area contributed by atoms with Gasteiger partial charge in [0.05, 0.1) is 10.6 Å². The first-order chi connectivity index (χ1) is 12.9. The molecule has 0 aliphatic carbocycles. The molecular weight excluding hydrogens is 386 g/mol. The number of rotatable bonds is 4. The third-order valence-electron chi connectivity index (χ3n) is 3.98. The highest BCUT2D eigenvalue weighted by Crippen LogP contribution is 2.22. The number of nitrogens with zero attached hydrogens (tertiary/aromatic N) is 4. The number of hydrogen-bond donors (Lipinski definition) is 1. The van der Waals surface area contributed by atoms with E-state index < -0.39 is 10.0 Å². The summed E-state index contributed by atoms with van der Waals surface area (Å²) < 4.78 is 29.1. The first kappa shape index (κ1) is 17.4. The van der Waals surface area contributed by atoms with E-state index in [1.165, 1.54) is 24.3 Å². The van der Waals surface area contributed by atoms with E-state index in [4.69, 9.17) is 11.6 Å². The van der Waals surface area contributed by atoms with Crippen molar-refractivity contribution in [2.24, 2.45) is 0 Å². The molecule has 0 spiro atoms. The Hall–Kier alpha value is -2.97. The summed E-state index contributed by atoms with van der Waals surface area (Å²) in [7, 11) is -3.68. The molecule has 2 aromatic carbocycles. The maximum Gasteiger partial charge on any atom is 0.261 e. The van der Waals surface area contributed by atoms with E-state index in [0.717, 1.165) is 11.3 Å². The minimum absolute atomic E-state index is 0.145. The first-order valence-electron chi connectivity index (χ1n) is 8.00. The van der Waals surface area contributed by atoms with Crippen molar-refractivity contribution in [3.05, 3.63) is 71.5 Å². The van der Waals surface area contributed by atoms with Gasteiger partial charge in [0.2, 0.25) is 0 Å². The van der Waals surface area contributed by atoms with Crippen molar-refractivity contribution < 1.29 is 8.42 Å². The summed E-state index contributed by atoms with van der Waals surface area (Å²) >= 11 is 5.81. The van der Waals surface area contributed by atoms with E-state index in [9.17, 15) is 8.42 Å². The molecule has 0 amide bonds. The molecule has 27 heavy (non-hydrogen) atoms. The average Bonchev–Trinajstić information content (AvgIpc) is 3.03. The fraction of sp³-hybridized carbons (Fsp3) is 0.0556. The van der Waals surface area contributed by atoms with Crippen LogP contribution in [-0.4, -0.2) is 28.2 Å². The van der Waals surface area contributed by atoms with Gasteiger partial charge in [-0.25, -0.2) is 8.42 Å². The van der Waals surface area contributed by atoms with Crippen LogP contribution in [0, 0.1) is 6.92 Å². The first-order valence-corrected chi connectivity index (χ1v) is 9.86. The van der Waals surface area contributed by atoms with Crippen molar-refractivity contribution in [1.82, 2.24) is 19.8 Å². The van der Waals surface area contributed by atoms with E-state index in [2.05, 4.69) is 20.0 Å². The number of aromatic nitrogens is 4. The summed E-state index contributed by atoms with van der Waals surface area (Å²) in [5.41, 5.74) is 2.70. The summed E-state index contributed by atoms with van der Waals surface area (Å²) in [6.07, 6.45) is 0. The molecule has 0 radical (unpaired) electrons. The van der Waals surface area contributed by atoms with Crippen LogP contribution in [0.2, 0.25) is 5.02 Å². The Kier molecular flexibility index (Phi) is 4.29. The minimum Gasteiger partial charge on any atom is -0.280 e. The normalized spacial score (nSPS) is 11.6. The zero-order chi connectivity index (χ0) is 19.0. The Bertz CT molecular complexity index is 1220. The molecule has 0 saturated heterocycles. The lowest BCUT2D eigenvalue weighted by Gasteiger charge is -2.09. The topological polar surface area (TPSA) is 89.2 Å². The standard InChI is InChI=1S/C18H14ClN5O2S/c1-12-20-21-18-11-10-17(22-24(12)18)13-2-6-15(7-3-13)23-27(25,26)16-8-4-14(19)5-9-16/h2-11,23H,1H3. The number of benzene rings is 2.